The van der Waals surface area contributed by atoms with Crippen LogP contribution in [0.15, 0.2) is 29.2 Å². The summed E-state index contributed by atoms with van der Waals surface area (Å²) >= 11 is 0. The average molecular weight is 400 g/mol. The summed E-state index contributed by atoms with van der Waals surface area (Å²) in [5.41, 5.74) is -1.63. The molecular formula is C17H15F3N2O6. The first-order valence-corrected chi connectivity index (χ1v) is 7.94. The van der Waals surface area contributed by atoms with Gasteiger partial charge in [0, 0.05) is 18.2 Å². The summed E-state index contributed by atoms with van der Waals surface area (Å²) in [4.78, 5) is 40.3. The van der Waals surface area contributed by atoms with E-state index in [1.165, 1.54) is 6.92 Å². The van der Waals surface area contributed by atoms with Crippen molar-refractivity contribution in [2.75, 3.05) is 6.61 Å². The minimum absolute atomic E-state index is 0.174. The number of nitrogens with one attached hydrogen (secondary N) is 1. The lowest BCUT2D eigenvalue weighted by Crippen LogP contribution is -2.42. The summed E-state index contributed by atoms with van der Waals surface area (Å²) in [5, 5.41) is 18.7. The van der Waals surface area contributed by atoms with Crippen LogP contribution in [0.2, 0.25) is 0 Å². The first-order valence-electron chi connectivity index (χ1n) is 7.94. The molecule has 0 radical (unpaired) electrons. The Bertz CT molecular complexity index is 935. The molecule has 0 aliphatic heterocycles. The van der Waals surface area contributed by atoms with Crippen LogP contribution in [0.3, 0.4) is 0 Å². The van der Waals surface area contributed by atoms with E-state index in [1.54, 1.807) is 0 Å². The molecule has 0 fully saturated rings. The van der Waals surface area contributed by atoms with Gasteiger partial charge in [-0.25, -0.2) is 13.8 Å². The highest BCUT2D eigenvalue weighted by Gasteiger charge is 2.43. The molecule has 0 amide bonds. The third-order valence-electron chi connectivity index (χ3n) is 3.92. The molecule has 0 aliphatic rings. The average Bonchev–Trinajstić information content (AvgIpc) is 2.59. The quantitative estimate of drug-likeness (QED) is 0.573. The largest absolute Gasteiger partial charge is 0.481 e. The van der Waals surface area contributed by atoms with E-state index in [2.05, 4.69) is 4.98 Å². The van der Waals surface area contributed by atoms with Crippen molar-refractivity contribution in [2.45, 2.75) is 18.9 Å². The molecule has 11 heteroatoms. The van der Waals surface area contributed by atoms with E-state index in [0.29, 0.717) is 12.3 Å². The molecule has 150 valence electrons. The number of benzene rings is 1. The third-order valence-corrected chi connectivity index (χ3v) is 3.92. The van der Waals surface area contributed by atoms with Gasteiger partial charge in [-0.1, -0.05) is 6.07 Å². The highest BCUT2D eigenvalue weighted by molar-refractivity contribution is 5.93. The van der Waals surface area contributed by atoms with Gasteiger partial charge in [0.1, 0.15) is 17.5 Å². The van der Waals surface area contributed by atoms with Gasteiger partial charge in [-0.3, -0.25) is 14.4 Å². The van der Waals surface area contributed by atoms with Crippen molar-refractivity contribution in [3.8, 4) is 0 Å². The number of H-pyrrole nitrogens is 1. The zero-order chi connectivity index (χ0) is 21.0. The van der Waals surface area contributed by atoms with Crippen LogP contribution in [-0.4, -0.2) is 44.8 Å². The van der Waals surface area contributed by atoms with Crippen LogP contribution in [0.25, 0.3) is 0 Å². The molecular weight excluding hydrogens is 385 g/mol. The van der Waals surface area contributed by atoms with Crippen molar-refractivity contribution in [1.29, 1.82) is 0 Å². The number of aliphatic carboxylic acids is 2. The Morgan fingerprint density at radius 1 is 1.18 bits per heavy atom. The standard InChI is InChI=1S/C17H15F3N2O6/c1-2-28-13(12(16(24)25)17(26)27)11(8-4-3-7(18)5-9(8)19)14-21-6-10(20)15(23)22-14/h3-6,11-13H,2H2,1H3,(H,24,25)(H,26,27)(H,21,22,23). The highest BCUT2D eigenvalue weighted by atomic mass is 19.1. The summed E-state index contributed by atoms with van der Waals surface area (Å²) in [6, 6.07) is 2.28. The summed E-state index contributed by atoms with van der Waals surface area (Å²) in [6.45, 7) is 1.26. The fraction of sp³-hybridized carbons (Fsp3) is 0.294. The fourth-order valence-corrected chi connectivity index (χ4v) is 2.75. The highest BCUT2D eigenvalue weighted by Crippen LogP contribution is 2.33. The Kier molecular flexibility index (Phi) is 6.52. The van der Waals surface area contributed by atoms with E-state index in [9.17, 15) is 37.8 Å². The molecule has 0 spiro atoms. The monoisotopic (exact) mass is 400 g/mol. The molecule has 0 saturated heterocycles. The van der Waals surface area contributed by atoms with Crippen LogP contribution in [0.4, 0.5) is 13.2 Å². The smallest absolute Gasteiger partial charge is 0.320 e. The van der Waals surface area contributed by atoms with Crippen molar-refractivity contribution in [3.63, 3.8) is 0 Å². The van der Waals surface area contributed by atoms with Crippen LogP contribution < -0.4 is 5.56 Å². The van der Waals surface area contributed by atoms with Gasteiger partial charge in [0.05, 0.1) is 18.2 Å². The SMILES string of the molecule is CCOC(C(C(=O)O)C(=O)O)C(c1ncc(F)c(=O)[nH]1)c1ccc(F)cc1F. The van der Waals surface area contributed by atoms with Gasteiger partial charge in [-0.2, -0.15) is 4.39 Å². The van der Waals surface area contributed by atoms with Crippen LogP contribution in [0, 0.1) is 23.4 Å². The lowest BCUT2D eigenvalue weighted by Gasteiger charge is -2.29. The van der Waals surface area contributed by atoms with Crippen molar-refractivity contribution in [3.05, 3.63) is 63.6 Å². The van der Waals surface area contributed by atoms with Crippen LogP contribution in [-0.2, 0) is 14.3 Å². The number of carboxylic acid groups (broad SMARTS) is 2. The number of aromatic amines is 1. The van der Waals surface area contributed by atoms with Crippen LogP contribution in [0.1, 0.15) is 24.2 Å². The molecule has 28 heavy (non-hydrogen) atoms. The molecule has 3 N–H and O–H groups in total. The van der Waals surface area contributed by atoms with Gasteiger partial charge in [-0.15, -0.1) is 0 Å². The maximum atomic E-state index is 14.4. The summed E-state index contributed by atoms with van der Waals surface area (Å²) in [5.74, 6) is -11.2. The number of nitrogens with zero attached hydrogens (tertiary/aromatic N) is 1. The van der Waals surface area contributed by atoms with E-state index in [4.69, 9.17) is 4.74 Å². The summed E-state index contributed by atoms with van der Waals surface area (Å²) in [6.07, 6.45) is -1.24. The second-order valence-electron chi connectivity index (χ2n) is 5.66. The Morgan fingerprint density at radius 3 is 2.32 bits per heavy atom. The first kappa shape index (κ1) is 21.1. The van der Waals surface area contributed by atoms with Crippen molar-refractivity contribution < 1.29 is 37.7 Å². The van der Waals surface area contributed by atoms with Gasteiger partial charge in [0.2, 0.25) is 5.82 Å². The second kappa shape index (κ2) is 8.65. The number of carboxylic acids is 2. The number of rotatable bonds is 8. The predicted octanol–water partition coefficient (Wildman–Crippen LogP) is 1.51. The van der Waals surface area contributed by atoms with E-state index in [-0.39, 0.29) is 12.2 Å². The molecule has 1 heterocycles. The molecule has 8 nitrogen and oxygen atoms in total. The molecule has 2 unspecified atom stereocenters. The van der Waals surface area contributed by atoms with E-state index >= 15 is 0 Å². The van der Waals surface area contributed by atoms with Crippen molar-refractivity contribution in [1.82, 2.24) is 9.97 Å². The summed E-state index contributed by atoms with van der Waals surface area (Å²) in [7, 11) is 0. The molecule has 0 aliphatic carbocycles. The van der Waals surface area contributed by atoms with Gasteiger partial charge >= 0.3 is 11.9 Å². The number of halogens is 3. The Morgan fingerprint density at radius 2 is 1.82 bits per heavy atom. The van der Waals surface area contributed by atoms with Crippen molar-refractivity contribution >= 4 is 11.9 Å². The van der Waals surface area contributed by atoms with Gasteiger partial charge < -0.3 is 19.9 Å². The van der Waals surface area contributed by atoms with Gasteiger partial charge in [-0.05, 0) is 13.0 Å². The Balaban J connectivity index is 2.76. The predicted molar refractivity (Wildman–Crippen MR) is 87.2 cm³/mol. The third kappa shape index (κ3) is 4.36. The number of ether oxygens (including phenoxy) is 1. The second-order valence-corrected chi connectivity index (χ2v) is 5.66. The lowest BCUT2D eigenvalue weighted by atomic mass is 9.84. The molecule has 0 saturated carbocycles. The van der Waals surface area contributed by atoms with E-state index in [1.807, 2.05) is 4.98 Å². The van der Waals surface area contributed by atoms with Crippen LogP contribution >= 0.6 is 0 Å². The van der Waals surface area contributed by atoms with Crippen LogP contribution in [0.5, 0.6) is 0 Å². The molecule has 2 atom stereocenters. The zero-order valence-corrected chi connectivity index (χ0v) is 14.4. The summed E-state index contributed by atoms with van der Waals surface area (Å²) < 4.78 is 46.3. The number of carbonyl (C=O) groups is 2. The first-order chi connectivity index (χ1) is 13.2. The minimum atomic E-state index is -2.19. The number of hydrogen-bond donors (Lipinski definition) is 3. The number of hydrogen-bond acceptors (Lipinski definition) is 5. The maximum absolute atomic E-state index is 14.4. The molecule has 2 aromatic rings. The Hall–Kier alpha value is -3.21. The topological polar surface area (TPSA) is 130 Å². The molecule has 1 aromatic carbocycles. The molecule has 0 bridgehead atoms. The normalized spacial score (nSPS) is 13.3. The molecule has 1 aromatic heterocycles. The lowest BCUT2D eigenvalue weighted by molar-refractivity contribution is -0.162. The van der Waals surface area contributed by atoms with E-state index in [0.717, 1.165) is 12.1 Å². The van der Waals surface area contributed by atoms with Crippen molar-refractivity contribution in [2.24, 2.45) is 5.92 Å². The molecule has 2 rings (SSSR count). The fourth-order valence-electron chi connectivity index (χ4n) is 2.75. The van der Waals surface area contributed by atoms with Gasteiger partial charge in [0.15, 0.2) is 5.92 Å². The number of aromatic nitrogens is 2. The van der Waals surface area contributed by atoms with Gasteiger partial charge in [0.25, 0.3) is 5.56 Å². The minimum Gasteiger partial charge on any atom is -0.481 e. The zero-order valence-electron chi connectivity index (χ0n) is 14.4. The maximum Gasteiger partial charge on any atom is 0.320 e. The van der Waals surface area contributed by atoms with E-state index < -0.39 is 58.7 Å². The Labute approximate surface area is 155 Å².